The highest BCUT2D eigenvalue weighted by Crippen LogP contribution is 2.35. The van der Waals surface area contributed by atoms with E-state index in [1.54, 1.807) is 42.5 Å². The molecule has 0 aromatic heterocycles. The van der Waals surface area contributed by atoms with Crippen LogP contribution < -0.4 is 14.4 Å². The van der Waals surface area contributed by atoms with Gasteiger partial charge in [-0.15, -0.1) is 0 Å². The van der Waals surface area contributed by atoms with E-state index in [-0.39, 0.29) is 46.3 Å². The fourth-order valence-corrected chi connectivity index (χ4v) is 8.19. The van der Waals surface area contributed by atoms with E-state index in [4.69, 9.17) is 39.5 Å². The molecule has 4 aromatic carbocycles. The summed E-state index contributed by atoms with van der Waals surface area (Å²) in [5.74, 6) is -0.762. The number of carbonyl (C=O) groups excluding carboxylic acids is 2. The Balaban J connectivity index is 1.62. The number of hydrogen-bond donors (Lipinski definition) is 1. The Hall–Kier alpha value is -3.76. The highest BCUT2D eigenvalue weighted by molar-refractivity contribution is 7.92. The number of halogens is 3. The Morgan fingerprint density at radius 3 is 2.20 bits per heavy atom. The second-order valence-electron chi connectivity index (χ2n) is 12.4. The van der Waals surface area contributed by atoms with Crippen LogP contribution >= 0.6 is 34.8 Å². The maximum Gasteiger partial charge on any atom is 0.264 e. The summed E-state index contributed by atoms with van der Waals surface area (Å²) in [6, 6.07) is 24.2. The summed E-state index contributed by atoms with van der Waals surface area (Å²) >= 11 is 19.3. The van der Waals surface area contributed by atoms with Crippen LogP contribution in [0.2, 0.25) is 15.1 Å². The van der Waals surface area contributed by atoms with Crippen LogP contribution in [-0.4, -0.2) is 50.9 Å². The minimum Gasteiger partial charge on any atom is -0.495 e. The van der Waals surface area contributed by atoms with Crippen LogP contribution in [0, 0.1) is 6.92 Å². The molecule has 4 aromatic rings. The van der Waals surface area contributed by atoms with Crippen LogP contribution in [0.15, 0.2) is 95.9 Å². The summed E-state index contributed by atoms with van der Waals surface area (Å²) in [4.78, 5) is 30.6. The number of rotatable bonds is 13. The number of ether oxygens (including phenoxy) is 1. The second kappa shape index (κ2) is 17.0. The molecule has 2 amide bonds. The molecule has 0 heterocycles. The van der Waals surface area contributed by atoms with Crippen molar-refractivity contribution in [3.05, 3.63) is 123 Å². The zero-order valence-electron chi connectivity index (χ0n) is 27.9. The molecule has 264 valence electrons. The van der Waals surface area contributed by atoms with E-state index < -0.39 is 28.5 Å². The zero-order chi connectivity index (χ0) is 35.8. The number of nitrogens with zero attached hydrogens (tertiary/aromatic N) is 2. The molecule has 5 rings (SSSR count). The number of anilines is 1. The summed E-state index contributed by atoms with van der Waals surface area (Å²) in [6.07, 6.45) is 4.99. The van der Waals surface area contributed by atoms with Gasteiger partial charge in [0.1, 0.15) is 18.3 Å². The molecule has 0 aliphatic heterocycles. The summed E-state index contributed by atoms with van der Waals surface area (Å²) in [5.41, 5.74) is 2.31. The quantitative estimate of drug-likeness (QED) is 0.148. The molecule has 12 heteroatoms. The fourth-order valence-electron chi connectivity index (χ4n) is 6.14. The number of aryl methyl sites for hydroxylation is 1. The SMILES string of the molecule is COc1ccc(Cl)cc1N(CC(=O)N(Cc1ccc(Cl)cc1Cl)C(Cc1ccccc1)C(=O)NC1CCCCC1)S(=O)(=O)c1ccc(C)cc1. The lowest BCUT2D eigenvalue weighted by Gasteiger charge is -2.35. The highest BCUT2D eigenvalue weighted by Gasteiger charge is 2.36. The first-order valence-corrected chi connectivity index (χ1v) is 19.0. The molecule has 1 unspecified atom stereocenters. The zero-order valence-corrected chi connectivity index (χ0v) is 31.0. The first-order chi connectivity index (χ1) is 24.0. The summed E-state index contributed by atoms with van der Waals surface area (Å²) in [7, 11) is -2.95. The molecule has 0 saturated heterocycles. The van der Waals surface area contributed by atoms with Crippen molar-refractivity contribution in [2.24, 2.45) is 0 Å². The van der Waals surface area contributed by atoms with Crippen molar-refractivity contribution in [2.75, 3.05) is 18.0 Å². The van der Waals surface area contributed by atoms with Crippen LogP contribution in [-0.2, 0) is 32.6 Å². The Kier molecular flexibility index (Phi) is 12.7. The summed E-state index contributed by atoms with van der Waals surface area (Å²) in [5, 5.41) is 4.17. The van der Waals surface area contributed by atoms with Gasteiger partial charge < -0.3 is 15.0 Å². The van der Waals surface area contributed by atoms with Gasteiger partial charge in [0.25, 0.3) is 10.0 Å². The van der Waals surface area contributed by atoms with Crippen molar-refractivity contribution in [2.45, 2.75) is 69.0 Å². The van der Waals surface area contributed by atoms with Crippen LogP contribution in [0.25, 0.3) is 0 Å². The van der Waals surface area contributed by atoms with Gasteiger partial charge in [-0.2, -0.15) is 0 Å². The molecule has 0 radical (unpaired) electrons. The predicted octanol–water partition coefficient (Wildman–Crippen LogP) is 8.25. The van der Waals surface area contributed by atoms with E-state index in [2.05, 4.69) is 5.32 Å². The number of nitrogens with one attached hydrogen (secondary N) is 1. The third kappa shape index (κ3) is 9.31. The average molecular weight is 757 g/mol. The van der Waals surface area contributed by atoms with Crippen molar-refractivity contribution in [1.82, 2.24) is 10.2 Å². The van der Waals surface area contributed by atoms with Crippen molar-refractivity contribution < 1.29 is 22.7 Å². The Morgan fingerprint density at radius 2 is 1.54 bits per heavy atom. The molecule has 1 fully saturated rings. The normalized spacial score (nSPS) is 14.1. The van der Waals surface area contributed by atoms with Crippen molar-refractivity contribution in [3.63, 3.8) is 0 Å². The molecule has 1 saturated carbocycles. The first-order valence-electron chi connectivity index (χ1n) is 16.5. The number of sulfonamides is 1. The lowest BCUT2D eigenvalue weighted by atomic mass is 9.94. The Labute approximate surface area is 309 Å². The maximum absolute atomic E-state index is 14.9. The smallest absolute Gasteiger partial charge is 0.264 e. The van der Waals surface area contributed by atoms with E-state index in [0.717, 1.165) is 47.5 Å². The van der Waals surface area contributed by atoms with Crippen LogP contribution in [0.4, 0.5) is 5.69 Å². The number of carbonyl (C=O) groups is 2. The summed E-state index contributed by atoms with van der Waals surface area (Å²) in [6.45, 7) is 1.10. The molecule has 1 atom stereocenters. The second-order valence-corrected chi connectivity index (χ2v) is 15.6. The lowest BCUT2D eigenvalue weighted by Crippen LogP contribution is -2.55. The van der Waals surface area contributed by atoms with E-state index in [0.29, 0.717) is 15.6 Å². The van der Waals surface area contributed by atoms with Gasteiger partial charge in [0.2, 0.25) is 11.8 Å². The predicted molar refractivity (Wildman–Crippen MR) is 200 cm³/mol. The average Bonchev–Trinajstić information content (AvgIpc) is 3.10. The van der Waals surface area contributed by atoms with Crippen molar-refractivity contribution >= 4 is 62.3 Å². The highest BCUT2D eigenvalue weighted by atomic mass is 35.5. The number of benzene rings is 4. The molecule has 0 spiro atoms. The van der Waals surface area contributed by atoms with Gasteiger partial charge in [-0.3, -0.25) is 13.9 Å². The van der Waals surface area contributed by atoms with Crippen LogP contribution in [0.5, 0.6) is 5.75 Å². The van der Waals surface area contributed by atoms with Crippen LogP contribution in [0.1, 0.15) is 48.8 Å². The third-order valence-electron chi connectivity index (χ3n) is 8.88. The molecule has 0 bridgehead atoms. The van der Waals surface area contributed by atoms with Gasteiger partial charge in [0, 0.05) is 34.1 Å². The fraction of sp³-hybridized carbons (Fsp3) is 0.316. The summed E-state index contributed by atoms with van der Waals surface area (Å²) < 4.78 is 35.4. The van der Waals surface area contributed by atoms with Crippen molar-refractivity contribution in [1.29, 1.82) is 0 Å². The lowest BCUT2D eigenvalue weighted by molar-refractivity contribution is -0.140. The largest absolute Gasteiger partial charge is 0.495 e. The monoisotopic (exact) mass is 755 g/mol. The minimum absolute atomic E-state index is 0.0268. The maximum atomic E-state index is 14.9. The van der Waals surface area contributed by atoms with E-state index in [1.165, 1.54) is 30.2 Å². The first kappa shape index (κ1) is 37.5. The topological polar surface area (TPSA) is 96.0 Å². The molecular weight excluding hydrogens is 717 g/mol. The molecule has 8 nitrogen and oxygen atoms in total. The van der Waals surface area contributed by atoms with Gasteiger partial charge in [-0.1, -0.05) is 108 Å². The number of hydrogen-bond acceptors (Lipinski definition) is 5. The van der Waals surface area contributed by atoms with Gasteiger partial charge in [-0.25, -0.2) is 8.42 Å². The van der Waals surface area contributed by atoms with Gasteiger partial charge in [0.15, 0.2) is 0 Å². The molecule has 1 aliphatic carbocycles. The number of amides is 2. The Bertz CT molecular complexity index is 1900. The molecule has 1 N–H and O–H groups in total. The molecule has 1 aliphatic rings. The van der Waals surface area contributed by atoms with Gasteiger partial charge in [0.05, 0.1) is 17.7 Å². The van der Waals surface area contributed by atoms with Gasteiger partial charge >= 0.3 is 0 Å². The third-order valence-corrected chi connectivity index (χ3v) is 11.5. The van der Waals surface area contributed by atoms with Crippen molar-refractivity contribution in [3.8, 4) is 5.75 Å². The van der Waals surface area contributed by atoms with Crippen LogP contribution in [0.3, 0.4) is 0 Å². The number of methoxy groups -OCH3 is 1. The Morgan fingerprint density at radius 1 is 0.880 bits per heavy atom. The molecule has 50 heavy (non-hydrogen) atoms. The molecular formula is C38H40Cl3N3O5S. The van der Waals surface area contributed by atoms with E-state index >= 15 is 0 Å². The van der Waals surface area contributed by atoms with E-state index in [1.807, 2.05) is 37.3 Å². The van der Waals surface area contributed by atoms with Gasteiger partial charge in [-0.05, 0) is 73.4 Å². The van der Waals surface area contributed by atoms with E-state index in [9.17, 15) is 18.0 Å². The standard InChI is InChI=1S/C38H40Cl3N3O5S/c1-26-13-18-32(19-14-26)50(47,48)44(34-23-30(40)17-20-36(34)49-2)25-37(45)43(24-28-15-16-29(39)22-33(28)41)35(21-27-9-5-3-6-10-27)38(46)42-31-11-7-4-8-12-31/h3,5-6,9-10,13-20,22-23,31,35H,4,7-8,11-12,21,24-25H2,1-2H3,(H,42,46). The minimum atomic E-state index is -4.36.